The fraction of sp³-hybridized carbons (Fsp3) is 0. The van der Waals surface area contributed by atoms with E-state index in [1.807, 2.05) is 6.07 Å². The van der Waals surface area contributed by atoms with Crippen molar-refractivity contribution >= 4 is 44.8 Å². The standard InChI is InChI=1S/C14H9BrClN3O/c15-10-2-4-13(9(5-10)7-17)19-14(20)8-1-3-12(18)11(16)6-8/h1-6H,18H2,(H,19,20). The lowest BCUT2D eigenvalue weighted by atomic mass is 10.1. The summed E-state index contributed by atoms with van der Waals surface area (Å²) in [7, 11) is 0. The Balaban J connectivity index is 2.28. The third kappa shape index (κ3) is 3.10. The lowest BCUT2D eigenvalue weighted by Gasteiger charge is -2.08. The van der Waals surface area contributed by atoms with E-state index < -0.39 is 0 Å². The number of anilines is 2. The minimum Gasteiger partial charge on any atom is -0.398 e. The first-order valence-electron chi connectivity index (χ1n) is 5.57. The molecule has 0 spiro atoms. The molecule has 2 aromatic rings. The van der Waals surface area contributed by atoms with Crippen LogP contribution in [0.15, 0.2) is 40.9 Å². The van der Waals surface area contributed by atoms with Gasteiger partial charge in [0.25, 0.3) is 5.91 Å². The molecule has 2 aromatic carbocycles. The molecule has 1 amide bonds. The molecule has 0 aromatic heterocycles. The summed E-state index contributed by atoms with van der Waals surface area (Å²) in [4.78, 5) is 12.1. The van der Waals surface area contributed by atoms with Gasteiger partial charge in [-0.05, 0) is 36.4 Å². The molecule has 0 unspecified atom stereocenters. The van der Waals surface area contributed by atoms with Gasteiger partial charge >= 0.3 is 0 Å². The highest BCUT2D eigenvalue weighted by Gasteiger charge is 2.10. The number of nitrogens with zero attached hydrogens (tertiary/aromatic N) is 1. The van der Waals surface area contributed by atoms with Gasteiger partial charge in [0.1, 0.15) is 6.07 Å². The highest BCUT2D eigenvalue weighted by molar-refractivity contribution is 9.10. The first-order chi connectivity index (χ1) is 9.51. The Hall–Kier alpha value is -2.03. The monoisotopic (exact) mass is 349 g/mol. The highest BCUT2D eigenvalue weighted by atomic mass is 79.9. The van der Waals surface area contributed by atoms with Crippen LogP contribution in [0, 0.1) is 11.3 Å². The van der Waals surface area contributed by atoms with E-state index in [9.17, 15) is 4.79 Å². The average Bonchev–Trinajstić information content (AvgIpc) is 2.43. The summed E-state index contributed by atoms with van der Waals surface area (Å²) < 4.78 is 0.766. The minimum atomic E-state index is -0.356. The Kier molecular flexibility index (Phi) is 4.28. The van der Waals surface area contributed by atoms with E-state index >= 15 is 0 Å². The maximum Gasteiger partial charge on any atom is 0.255 e. The predicted molar refractivity (Wildman–Crippen MR) is 82.7 cm³/mol. The van der Waals surface area contributed by atoms with Gasteiger partial charge in [-0.3, -0.25) is 4.79 Å². The molecule has 4 nitrogen and oxygen atoms in total. The quantitative estimate of drug-likeness (QED) is 0.808. The normalized spacial score (nSPS) is 9.85. The van der Waals surface area contributed by atoms with Gasteiger partial charge in [0.05, 0.1) is 22.0 Å². The summed E-state index contributed by atoms with van der Waals surface area (Å²) in [5.41, 5.74) is 7.18. The number of halogens is 2. The van der Waals surface area contributed by atoms with Gasteiger partial charge < -0.3 is 11.1 Å². The lowest BCUT2D eigenvalue weighted by molar-refractivity contribution is 0.102. The number of nitriles is 1. The zero-order chi connectivity index (χ0) is 14.7. The number of hydrogen-bond acceptors (Lipinski definition) is 3. The number of nitrogens with two attached hydrogens (primary N) is 1. The Morgan fingerprint density at radius 2 is 2.05 bits per heavy atom. The van der Waals surface area contributed by atoms with Crippen LogP contribution >= 0.6 is 27.5 Å². The molecule has 0 aliphatic carbocycles. The van der Waals surface area contributed by atoms with E-state index in [0.29, 0.717) is 27.5 Å². The number of nitrogens with one attached hydrogen (secondary N) is 1. The molecule has 0 radical (unpaired) electrons. The topological polar surface area (TPSA) is 78.9 Å². The van der Waals surface area contributed by atoms with Crippen molar-refractivity contribution in [2.45, 2.75) is 0 Å². The fourth-order valence-electron chi connectivity index (χ4n) is 1.58. The molecule has 20 heavy (non-hydrogen) atoms. The molecule has 0 bridgehead atoms. The second-order valence-corrected chi connectivity index (χ2v) is 5.32. The summed E-state index contributed by atoms with van der Waals surface area (Å²) in [6.07, 6.45) is 0. The zero-order valence-corrected chi connectivity index (χ0v) is 12.5. The summed E-state index contributed by atoms with van der Waals surface area (Å²) in [5, 5.41) is 12.0. The summed E-state index contributed by atoms with van der Waals surface area (Å²) in [6.45, 7) is 0. The van der Waals surface area contributed by atoms with Crippen LogP contribution in [0.4, 0.5) is 11.4 Å². The molecule has 6 heteroatoms. The van der Waals surface area contributed by atoms with Crippen molar-refractivity contribution in [2.75, 3.05) is 11.1 Å². The van der Waals surface area contributed by atoms with Crippen LogP contribution in [-0.4, -0.2) is 5.91 Å². The van der Waals surface area contributed by atoms with E-state index in [-0.39, 0.29) is 5.91 Å². The van der Waals surface area contributed by atoms with Crippen LogP contribution in [0.25, 0.3) is 0 Å². The largest absolute Gasteiger partial charge is 0.398 e. The first kappa shape index (κ1) is 14.4. The van der Waals surface area contributed by atoms with E-state index in [1.165, 1.54) is 6.07 Å². The van der Waals surface area contributed by atoms with Gasteiger partial charge in [-0.2, -0.15) is 5.26 Å². The van der Waals surface area contributed by atoms with E-state index in [0.717, 1.165) is 4.47 Å². The molecule has 0 aliphatic heterocycles. The Bertz CT molecular complexity index is 725. The van der Waals surface area contributed by atoms with Crippen LogP contribution in [-0.2, 0) is 0 Å². The van der Waals surface area contributed by atoms with E-state index in [2.05, 4.69) is 21.2 Å². The van der Waals surface area contributed by atoms with Crippen LogP contribution in [0.2, 0.25) is 5.02 Å². The maximum absolute atomic E-state index is 12.1. The van der Waals surface area contributed by atoms with Crippen molar-refractivity contribution in [3.8, 4) is 6.07 Å². The Morgan fingerprint density at radius 1 is 1.30 bits per heavy atom. The molecule has 100 valence electrons. The Labute approximate surface area is 129 Å². The molecule has 0 fully saturated rings. The average molecular weight is 351 g/mol. The number of amides is 1. The Morgan fingerprint density at radius 3 is 2.70 bits per heavy atom. The number of hydrogen-bond donors (Lipinski definition) is 2. The van der Waals surface area contributed by atoms with Crippen molar-refractivity contribution in [3.63, 3.8) is 0 Å². The van der Waals surface area contributed by atoms with Crippen molar-refractivity contribution in [1.29, 1.82) is 5.26 Å². The predicted octanol–water partition coefficient (Wildman–Crippen LogP) is 3.81. The molecule has 0 saturated heterocycles. The van der Waals surface area contributed by atoms with Gasteiger partial charge in [0.15, 0.2) is 0 Å². The SMILES string of the molecule is N#Cc1cc(Br)ccc1NC(=O)c1ccc(N)c(Cl)c1. The van der Waals surface area contributed by atoms with Gasteiger partial charge in [-0.1, -0.05) is 27.5 Å². The molecular formula is C14H9BrClN3O. The molecule has 0 heterocycles. The van der Waals surface area contributed by atoms with Crippen LogP contribution < -0.4 is 11.1 Å². The molecule has 0 saturated carbocycles. The summed E-state index contributed by atoms with van der Waals surface area (Å²) >= 11 is 9.15. The van der Waals surface area contributed by atoms with E-state index in [1.54, 1.807) is 30.3 Å². The van der Waals surface area contributed by atoms with Crippen molar-refractivity contribution in [1.82, 2.24) is 0 Å². The van der Waals surface area contributed by atoms with Crippen molar-refractivity contribution in [3.05, 3.63) is 57.0 Å². The van der Waals surface area contributed by atoms with Crippen molar-refractivity contribution < 1.29 is 4.79 Å². The maximum atomic E-state index is 12.1. The zero-order valence-electron chi connectivity index (χ0n) is 10.2. The van der Waals surface area contributed by atoms with E-state index in [4.69, 9.17) is 22.6 Å². The third-order valence-electron chi connectivity index (χ3n) is 2.61. The molecule has 2 rings (SSSR count). The van der Waals surface area contributed by atoms with Crippen LogP contribution in [0.5, 0.6) is 0 Å². The summed E-state index contributed by atoms with van der Waals surface area (Å²) in [5.74, 6) is -0.356. The van der Waals surface area contributed by atoms with Gasteiger partial charge in [0, 0.05) is 10.0 Å². The fourth-order valence-corrected chi connectivity index (χ4v) is 2.12. The van der Waals surface area contributed by atoms with Gasteiger partial charge in [0.2, 0.25) is 0 Å². The van der Waals surface area contributed by atoms with Crippen molar-refractivity contribution in [2.24, 2.45) is 0 Å². The second kappa shape index (κ2) is 5.95. The van der Waals surface area contributed by atoms with Gasteiger partial charge in [-0.15, -0.1) is 0 Å². The summed E-state index contributed by atoms with van der Waals surface area (Å²) in [6, 6.07) is 11.7. The molecule has 0 aliphatic rings. The van der Waals surface area contributed by atoms with Crippen LogP contribution in [0.3, 0.4) is 0 Å². The number of carbonyl (C=O) groups is 1. The smallest absolute Gasteiger partial charge is 0.255 e. The molecular weight excluding hydrogens is 342 g/mol. The highest BCUT2D eigenvalue weighted by Crippen LogP contribution is 2.23. The second-order valence-electron chi connectivity index (χ2n) is 3.99. The number of nitrogen functional groups attached to an aromatic ring is 1. The first-order valence-corrected chi connectivity index (χ1v) is 6.74. The third-order valence-corrected chi connectivity index (χ3v) is 3.43. The molecule has 0 atom stereocenters. The minimum absolute atomic E-state index is 0.314. The number of rotatable bonds is 2. The number of benzene rings is 2. The number of carbonyl (C=O) groups excluding carboxylic acids is 1. The molecule has 3 N–H and O–H groups in total. The van der Waals surface area contributed by atoms with Crippen LogP contribution in [0.1, 0.15) is 15.9 Å². The van der Waals surface area contributed by atoms with Gasteiger partial charge in [-0.25, -0.2) is 0 Å². The lowest BCUT2D eigenvalue weighted by Crippen LogP contribution is -2.13.